The van der Waals surface area contributed by atoms with Gasteiger partial charge in [-0.15, -0.1) is 10.2 Å². The average Bonchev–Trinajstić information content (AvgIpc) is 3.29. The number of carbonyl (C=O) groups is 1. The Balaban J connectivity index is 1.53. The molecule has 1 amide bonds. The van der Waals surface area contributed by atoms with Gasteiger partial charge in [-0.1, -0.05) is 18.2 Å². The Morgan fingerprint density at radius 1 is 1.16 bits per heavy atom. The number of aromatic nitrogens is 3. The summed E-state index contributed by atoms with van der Waals surface area (Å²) in [7, 11) is 2.06. The molecule has 0 saturated carbocycles. The van der Waals surface area contributed by atoms with Crippen molar-refractivity contribution < 1.29 is 18.0 Å². The van der Waals surface area contributed by atoms with Crippen LogP contribution >= 0.6 is 0 Å². The monoisotopic (exact) mass is 427 g/mol. The molecule has 1 aliphatic rings. The van der Waals surface area contributed by atoms with Gasteiger partial charge in [0.05, 0.1) is 17.8 Å². The molecular formula is C22H23F2N5O2. The van der Waals surface area contributed by atoms with E-state index >= 15 is 0 Å². The molecule has 0 atom stereocenters. The smallest absolute Gasteiger partial charge is 0.314 e. The van der Waals surface area contributed by atoms with Gasteiger partial charge in [0.2, 0.25) is 11.8 Å². The summed E-state index contributed by atoms with van der Waals surface area (Å²) < 4.78 is 30.3. The largest absolute Gasteiger partial charge is 0.415 e. The molecule has 2 aromatic heterocycles. The van der Waals surface area contributed by atoms with Gasteiger partial charge >= 0.3 is 6.43 Å². The van der Waals surface area contributed by atoms with Crippen LogP contribution in [0.2, 0.25) is 0 Å². The number of nitrogens with zero attached hydrogens (tertiary/aromatic N) is 5. The van der Waals surface area contributed by atoms with Gasteiger partial charge in [-0.05, 0) is 57.2 Å². The first-order valence-electron chi connectivity index (χ1n) is 10.1. The van der Waals surface area contributed by atoms with Gasteiger partial charge in [-0.25, -0.2) is 0 Å². The number of pyridine rings is 1. The van der Waals surface area contributed by atoms with Gasteiger partial charge in [-0.3, -0.25) is 9.78 Å². The van der Waals surface area contributed by atoms with E-state index in [2.05, 4.69) is 27.1 Å². The maximum Gasteiger partial charge on any atom is 0.314 e. The Morgan fingerprint density at radius 3 is 2.52 bits per heavy atom. The first-order chi connectivity index (χ1) is 15.0. The molecule has 9 heteroatoms. The lowest BCUT2D eigenvalue weighted by Gasteiger charge is -2.32. The predicted octanol–water partition coefficient (Wildman–Crippen LogP) is 3.94. The van der Waals surface area contributed by atoms with Crippen LogP contribution in [0.4, 0.5) is 14.5 Å². The van der Waals surface area contributed by atoms with E-state index in [-0.39, 0.29) is 17.7 Å². The van der Waals surface area contributed by atoms with Crippen LogP contribution in [0.5, 0.6) is 0 Å². The highest BCUT2D eigenvalue weighted by Gasteiger charge is 2.28. The van der Waals surface area contributed by atoms with Crippen molar-refractivity contribution in [3.05, 3.63) is 60.2 Å². The van der Waals surface area contributed by atoms with Crippen molar-refractivity contribution in [3.8, 4) is 11.5 Å². The lowest BCUT2D eigenvalue weighted by atomic mass is 9.95. The summed E-state index contributed by atoms with van der Waals surface area (Å²) in [6, 6.07) is 12.9. The fraction of sp³-hybridized carbons (Fsp3) is 0.364. The zero-order chi connectivity index (χ0) is 21.8. The molecule has 31 heavy (non-hydrogen) atoms. The maximum absolute atomic E-state index is 13.3. The van der Waals surface area contributed by atoms with E-state index in [1.807, 2.05) is 30.3 Å². The molecule has 1 saturated heterocycles. The zero-order valence-corrected chi connectivity index (χ0v) is 17.1. The van der Waals surface area contributed by atoms with Crippen LogP contribution in [-0.4, -0.2) is 46.1 Å². The number of benzene rings is 1. The standard InChI is InChI=1S/C22H23F2N5O2/c1-28-11-9-15(10-12-28)22(30)29(18-5-3-2-4-6-18)14-17-8-7-16(13-25-17)20-26-27-21(31-20)19(23)24/h2-8,13,15,19H,9-12,14H2,1H3. The highest BCUT2D eigenvalue weighted by atomic mass is 19.3. The van der Waals surface area contributed by atoms with Crippen LogP contribution in [-0.2, 0) is 11.3 Å². The maximum atomic E-state index is 13.3. The van der Waals surface area contributed by atoms with Crippen molar-refractivity contribution in [1.82, 2.24) is 20.1 Å². The van der Waals surface area contributed by atoms with E-state index in [0.717, 1.165) is 31.6 Å². The summed E-state index contributed by atoms with van der Waals surface area (Å²) in [6.45, 7) is 2.11. The molecule has 0 bridgehead atoms. The van der Waals surface area contributed by atoms with Gasteiger partial charge in [0.1, 0.15) is 0 Å². The van der Waals surface area contributed by atoms with E-state index in [1.165, 1.54) is 6.20 Å². The van der Waals surface area contributed by atoms with Crippen LogP contribution < -0.4 is 4.90 Å². The molecule has 1 aliphatic heterocycles. The normalized spacial score (nSPS) is 15.4. The summed E-state index contributed by atoms with van der Waals surface area (Å²) in [5.41, 5.74) is 1.93. The molecule has 1 fully saturated rings. The van der Waals surface area contributed by atoms with E-state index in [9.17, 15) is 13.6 Å². The second-order valence-corrected chi connectivity index (χ2v) is 7.62. The molecule has 0 aliphatic carbocycles. The average molecular weight is 427 g/mol. The lowest BCUT2D eigenvalue weighted by molar-refractivity contribution is -0.123. The second kappa shape index (κ2) is 9.30. The summed E-state index contributed by atoms with van der Waals surface area (Å²) in [6.07, 6.45) is 0.323. The fourth-order valence-corrected chi connectivity index (χ4v) is 3.63. The molecule has 0 radical (unpaired) electrons. The van der Waals surface area contributed by atoms with E-state index in [0.29, 0.717) is 17.8 Å². The number of alkyl halides is 2. The van der Waals surface area contributed by atoms with Gasteiger partial charge in [0.15, 0.2) is 0 Å². The molecule has 0 unspecified atom stereocenters. The van der Waals surface area contributed by atoms with Crippen LogP contribution in [0.3, 0.4) is 0 Å². The second-order valence-electron chi connectivity index (χ2n) is 7.62. The van der Waals surface area contributed by atoms with E-state index < -0.39 is 12.3 Å². The fourth-order valence-electron chi connectivity index (χ4n) is 3.63. The van der Waals surface area contributed by atoms with Crippen molar-refractivity contribution in [3.63, 3.8) is 0 Å². The minimum Gasteiger partial charge on any atom is -0.415 e. The number of likely N-dealkylation sites (tertiary alicyclic amines) is 1. The summed E-state index contributed by atoms with van der Waals surface area (Å²) in [4.78, 5) is 21.7. The number of piperidine rings is 1. The molecule has 3 aromatic rings. The quantitative estimate of drug-likeness (QED) is 0.593. The van der Waals surface area contributed by atoms with Crippen molar-refractivity contribution >= 4 is 11.6 Å². The number of hydrogen-bond acceptors (Lipinski definition) is 6. The molecule has 0 N–H and O–H groups in total. The first kappa shape index (κ1) is 21.0. The minimum atomic E-state index is -2.82. The van der Waals surface area contributed by atoms with Crippen LogP contribution in [0, 0.1) is 5.92 Å². The molecule has 4 rings (SSSR count). The first-order valence-corrected chi connectivity index (χ1v) is 10.1. The van der Waals surface area contributed by atoms with Gasteiger partial charge in [0, 0.05) is 17.8 Å². The topological polar surface area (TPSA) is 75.4 Å². The van der Waals surface area contributed by atoms with Crippen LogP contribution in [0.15, 0.2) is 53.1 Å². The summed E-state index contributed by atoms with van der Waals surface area (Å²) in [5.74, 6) is -0.680. The molecule has 162 valence electrons. The summed E-state index contributed by atoms with van der Waals surface area (Å²) in [5, 5.41) is 6.97. The number of hydrogen-bond donors (Lipinski definition) is 0. The Bertz CT molecular complexity index is 1000. The molecule has 1 aromatic carbocycles. The van der Waals surface area contributed by atoms with E-state index in [1.54, 1.807) is 17.0 Å². The SMILES string of the molecule is CN1CCC(C(=O)N(Cc2ccc(-c3nnc(C(F)F)o3)cn2)c2ccccc2)CC1. The van der Waals surface area contributed by atoms with Crippen molar-refractivity contribution in [2.45, 2.75) is 25.8 Å². The number of halogens is 2. The van der Waals surface area contributed by atoms with Crippen LogP contribution in [0.25, 0.3) is 11.5 Å². The van der Waals surface area contributed by atoms with Gasteiger partial charge < -0.3 is 14.2 Å². The van der Waals surface area contributed by atoms with Crippen LogP contribution in [0.1, 0.15) is 30.9 Å². The molecule has 3 heterocycles. The number of amides is 1. The Morgan fingerprint density at radius 2 is 1.90 bits per heavy atom. The van der Waals surface area contributed by atoms with Gasteiger partial charge in [-0.2, -0.15) is 8.78 Å². The Labute approximate surface area is 178 Å². The number of para-hydroxylation sites is 1. The van der Waals surface area contributed by atoms with Crippen molar-refractivity contribution in [2.24, 2.45) is 5.92 Å². The number of rotatable bonds is 6. The Hall–Kier alpha value is -3.20. The third-order valence-corrected chi connectivity index (χ3v) is 5.42. The predicted molar refractivity (Wildman–Crippen MR) is 110 cm³/mol. The van der Waals surface area contributed by atoms with E-state index in [4.69, 9.17) is 4.42 Å². The van der Waals surface area contributed by atoms with Crippen molar-refractivity contribution in [1.29, 1.82) is 0 Å². The third-order valence-electron chi connectivity index (χ3n) is 5.42. The lowest BCUT2D eigenvalue weighted by Crippen LogP contribution is -2.41. The summed E-state index contributed by atoms with van der Waals surface area (Å²) >= 11 is 0. The van der Waals surface area contributed by atoms with Gasteiger partial charge in [0.25, 0.3) is 5.89 Å². The highest BCUT2D eigenvalue weighted by Crippen LogP contribution is 2.26. The number of carbonyl (C=O) groups excluding carboxylic acids is 1. The molecule has 0 spiro atoms. The zero-order valence-electron chi connectivity index (χ0n) is 17.1. The Kier molecular flexibility index (Phi) is 6.31. The molecule has 7 nitrogen and oxygen atoms in total. The third kappa shape index (κ3) is 4.93. The highest BCUT2D eigenvalue weighted by molar-refractivity contribution is 5.95. The minimum absolute atomic E-state index is 0.0170. The molecular weight excluding hydrogens is 404 g/mol. The number of anilines is 1. The van der Waals surface area contributed by atoms with Crippen molar-refractivity contribution in [2.75, 3.05) is 25.0 Å².